The van der Waals surface area contributed by atoms with Gasteiger partial charge in [-0.15, -0.1) is 0 Å². The van der Waals surface area contributed by atoms with Crippen molar-refractivity contribution in [3.05, 3.63) is 22.8 Å². The van der Waals surface area contributed by atoms with Gasteiger partial charge in [0, 0.05) is 23.8 Å². The lowest BCUT2D eigenvalue weighted by molar-refractivity contribution is -0.156. The summed E-state index contributed by atoms with van der Waals surface area (Å²) in [5.41, 5.74) is -2.67. The monoisotopic (exact) mass is 530 g/mol. The second kappa shape index (κ2) is 8.93. The maximum Gasteiger partial charge on any atom is 0.306 e. The van der Waals surface area contributed by atoms with Crippen LogP contribution in [0.3, 0.4) is 0 Å². The number of hydrogen-bond donors (Lipinski definition) is 4. The van der Waals surface area contributed by atoms with E-state index in [4.69, 9.17) is 5.11 Å². The van der Waals surface area contributed by atoms with Crippen LogP contribution >= 0.6 is 0 Å². The van der Waals surface area contributed by atoms with Gasteiger partial charge in [0.25, 0.3) is 0 Å². The number of Topliss-reactive ketones (excluding diaryl/α,β-unsaturated/α-hetero) is 2. The average Bonchev–Trinajstić information content (AvgIpc) is 3.03. The molecule has 8 nitrogen and oxygen atoms in total. The molecule has 0 aromatic heterocycles. The van der Waals surface area contributed by atoms with Gasteiger partial charge in [0.1, 0.15) is 11.9 Å². The summed E-state index contributed by atoms with van der Waals surface area (Å²) < 4.78 is 0. The van der Waals surface area contributed by atoms with E-state index < -0.39 is 69.3 Å². The predicted octanol–water partition coefficient (Wildman–Crippen LogP) is 3.02. The normalized spacial score (nSPS) is 43.3. The number of carbonyl (C=O) groups is 4. The first-order valence-electron chi connectivity index (χ1n) is 13.7. The quantitative estimate of drug-likeness (QED) is 0.396. The third kappa shape index (κ3) is 3.59. The molecule has 1 unspecified atom stereocenters. The predicted molar refractivity (Wildman–Crippen MR) is 139 cm³/mol. The summed E-state index contributed by atoms with van der Waals surface area (Å²) in [6, 6.07) is 0. The molecule has 0 amide bonds. The molecular formula is C30H42O8. The molecule has 0 saturated heterocycles. The Labute approximate surface area is 224 Å². The second-order valence-electron chi connectivity index (χ2n) is 13.5. The number of carboxylic acid groups (broad SMARTS) is 1. The lowest BCUT2D eigenvalue weighted by Gasteiger charge is -2.62. The summed E-state index contributed by atoms with van der Waals surface area (Å²) >= 11 is 0. The van der Waals surface area contributed by atoms with Crippen LogP contribution in [0.15, 0.2) is 22.8 Å². The molecule has 38 heavy (non-hydrogen) atoms. The number of rotatable bonds is 5. The number of aliphatic carboxylic acids is 1. The minimum absolute atomic E-state index is 0.00468. The topological polar surface area (TPSA) is 149 Å². The lowest BCUT2D eigenvalue weighted by Crippen LogP contribution is -2.64. The van der Waals surface area contributed by atoms with E-state index in [0.717, 1.165) is 0 Å². The Balaban J connectivity index is 1.85. The third-order valence-corrected chi connectivity index (χ3v) is 11.3. The van der Waals surface area contributed by atoms with Gasteiger partial charge in [-0.05, 0) is 67.4 Å². The molecule has 0 aromatic carbocycles. The van der Waals surface area contributed by atoms with Gasteiger partial charge in [-0.3, -0.25) is 19.2 Å². The van der Waals surface area contributed by atoms with Crippen molar-refractivity contribution in [1.82, 2.24) is 0 Å². The highest BCUT2D eigenvalue weighted by molar-refractivity contribution is 6.08. The zero-order valence-electron chi connectivity index (χ0n) is 23.5. The summed E-state index contributed by atoms with van der Waals surface area (Å²) in [4.78, 5) is 51.9. The van der Waals surface area contributed by atoms with E-state index in [1.54, 1.807) is 20.8 Å². The largest absolute Gasteiger partial charge is 0.481 e. The van der Waals surface area contributed by atoms with Crippen LogP contribution in [0, 0.1) is 39.4 Å². The molecule has 9 atom stereocenters. The molecular weight excluding hydrogens is 488 g/mol. The Hall–Kier alpha value is -2.16. The second-order valence-corrected chi connectivity index (χ2v) is 13.5. The lowest BCUT2D eigenvalue weighted by atomic mass is 9.42. The first-order valence-corrected chi connectivity index (χ1v) is 13.7. The average molecular weight is 531 g/mol. The van der Waals surface area contributed by atoms with Gasteiger partial charge in [-0.1, -0.05) is 40.2 Å². The van der Waals surface area contributed by atoms with Crippen molar-refractivity contribution in [2.75, 3.05) is 0 Å². The van der Waals surface area contributed by atoms with Crippen LogP contribution in [-0.4, -0.2) is 62.1 Å². The summed E-state index contributed by atoms with van der Waals surface area (Å²) in [6.45, 7) is 12.4. The van der Waals surface area contributed by atoms with Gasteiger partial charge in [0.15, 0.2) is 11.6 Å². The number of aliphatic hydroxyl groups is 3. The molecule has 4 rings (SSSR count). The Morgan fingerprint density at radius 3 is 2.26 bits per heavy atom. The van der Waals surface area contributed by atoms with Crippen molar-refractivity contribution in [2.45, 2.75) is 98.9 Å². The highest BCUT2D eigenvalue weighted by Gasteiger charge is 2.73. The summed E-state index contributed by atoms with van der Waals surface area (Å²) in [5.74, 6) is -3.88. The third-order valence-electron chi connectivity index (χ3n) is 11.3. The molecule has 0 heterocycles. The van der Waals surface area contributed by atoms with Crippen LogP contribution in [0.5, 0.6) is 0 Å². The maximum absolute atomic E-state index is 14.1. The van der Waals surface area contributed by atoms with E-state index in [0.29, 0.717) is 36.0 Å². The van der Waals surface area contributed by atoms with Crippen molar-refractivity contribution in [3.8, 4) is 0 Å². The number of carbonyl (C=O) groups excluding carboxylic acids is 3. The number of fused-ring (bicyclic) bond motifs is 4. The van der Waals surface area contributed by atoms with Crippen LogP contribution in [-0.2, 0) is 19.2 Å². The number of ketones is 3. The summed E-state index contributed by atoms with van der Waals surface area (Å²) in [6.07, 6.45) is -0.790. The Morgan fingerprint density at radius 2 is 1.68 bits per heavy atom. The first-order chi connectivity index (χ1) is 17.4. The van der Waals surface area contributed by atoms with Gasteiger partial charge >= 0.3 is 5.97 Å². The zero-order chi connectivity index (χ0) is 28.7. The molecule has 0 radical (unpaired) electrons. The minimum atomic E-state index is -1.53. The van der Waals surface area contributed by atoms with E-state index in [1.807, 2.05) is 20.8 Å². The standard InChI is InChI=1S/C30H42O8/c1-14(10-16(31)11-15(2)26(37)38)17-12-21(34)30(7)22-18(32)13-19-27(3,4)20(33)8-9-28(19,5)23(22)24(35)25(36)29(17,30)6/h10,15,17-20,25,32-33,36H,8-9,11-13H2,1-7H3,(H,37,38)/b14-10-/t15?,17-,18+,19+,20+,25-,28+,29+,30+/m1/s1. The molecule has 8 heteroatoms. The van der Waals surface area contributed by atoms with Crippen molar-refractivity contribution < 1.29 is 39.6 Å². The van der Waals surface area contributed by atoms with E-state index in [1.165, 1.54) is 13.0 Å². The molecule has 4 aliphatic rings. The fourth-order valence-corrected chi connectivity index (χ4v) is 8.71. The molecule has 210 valence electrons. The van der Waals surface area contributed by atoms with Crippen molar-refractivity contribution in [2.24, 2.45) is 39.4 Å². The molecule has 4 N–H and O–H groups in total. The van der Waals surface area contributed by atoms with Crippen LogP contribution in [0.1, 0.15) is 80.6 Å². The Bertz CT molecular complexity index is 1160. The highest BCUT2D eigenvalue weighted by Crippen LogP contribution is 2.70. The van der Waals surface area contributed by atoms with Gasteiger partial charge in [-0.25, -0.2) is 0 Å². The van der Waals surface area contributed by atoms with Crippen molar-refractivity contribution in [3.63, 3.8) is 0 Å². The molecule has 2 saturated carbocycles. The molecule has 4 aliphatic carbocycles. The molecule has 0 aliphatic heterocycles. The Kier molecular flexibility index (Phi) is 6.78. The maximum atomic E-state index is 14.1. The number of allylic oxidation sites excluding steroid dienone is 2. The number of carboxylic acids is 1. The fourth-order valence-electron chi connectivity index (χ4n) is 8.71. The van der Waals surface area contributed by atoms with E-state index >= 15 is 0 Å². The summed E-state index contributed by atoms with van der Waals surface area (Å²) in [7, 11) is 0. The molecule has 0 spiro atoms. The minimum Gasteiger partial charge on any atom is -0.481 e. The van der Waals surface area contributed by atoms with Crippen LogP contribution in [0.25, 0.3) is 0 Å². The smallest absolute Gasteiger partial charge is 0.306 e. The van der Waals surface area contributed by atoms with Gasteiger partial charge in [-0.2, -0.15) is 0 Å². The number of hydrogen-bond acceptors (Lipinski definition) is 7. The van der Waals surface area contributed by atoms with Gasteiger partial charge in [0.05, 0.1) is 23.5 Å². The zero-order valence-corrected chi connectivity index (χ0v) is 23.5. The summed E-state index contributed by atoms with van der Waals surface area (Å²) in [5, 5.41) is 43.2. The SMILES string of the molecule is C/C(=C/C(=O)CC(C)C(=O)O)[C@H]1CC(=O)[C@@]2(C)C3=C(C(=O)[C@@H](O)[C@]12C)[C@@]1(C)CC[C@H](O)C(C)(C)[C@@H]1C[C@@H]3O. The number of aliphatic hydroxyl groups excluding tert-OH is 3. The highest BCUT2D eigenvalue weighted by atomic mass is 16.4. The van der Waals surface area contributed by atoms with Crippen molar-refractivity contribution >= 4 is 23.3 Å². The fraction of sp³-hybridized carbons (Fsp3) is 0.733. The van der Waals surface area contributed by atoms with Gasteiger partial charge in [0.2, 0.25) is 0 Å². The van der Waals surface area contributed by atoms with E-state index in [9.17, 15) is 34.5 Å². The van der Waals surface area contributed by atoms with E-state index in [-0.39, 0.29) is 24.5 Å². The van der Waals surface area contributed by atoms with Crippen LogP contribution in [0.4, 0.5) is 0 Å². The van der Waals surface area contributed by atoms with Crippen molar-refractivity contribution in [1.29, 1.82) is 0 Å². The Morgan fingerprint density at radius 1 is 1.08 bits per heavy atom. The van der Waals surface area contributed by atoms with Crippen LogP contribution in [0.2, 0.25) is 0 Å². The molecule has 0 aromatic rings. The van der Waals surface area contributed by atoms with Crippen LogP contribution < -0.4 is 0 Å². The molecule has 2 fully saturated rings. The molecule has 0 bridgehead atoms. The first kappa shape index (κ1) is 28.8. The van der Waals surface area contributed by atoms with E-state index in [2.05, 4.69) is 0 Å². The van der Waals surface area contributed by atoms with Gasteiger partial charge < -0.3 is 20.4 Å².